The lowest BCUT2D eigenvalue weighted by Gasteiger charge is -2.12. The fraction of sp³-hybridized carbons (Fsp3) is 0.467. The third-order valence-corrected chi connectivity index (χ3v) is 3.29. The maximum Gasteiger partial charge on any atom is 0.332 e. The minimum absolute atomic E-state index is 0.271. The van der Waals surface area contributed by atoms with Gasteiger partial charge < -0.3 is 19.9 Å². The molecule has 0 spiro atoms. The number of hydrogen-bond donors (Lipinski definition) is 2. The molecule has 1 heterocycles. The van der Waals surface area contributed by atoms with E-state index in [-0.39, 0.29) is 5.91 Å². The van der Waals surface area contributed by atoms with E-state index in [4.69, 9.17) is 14.6 Å². The average Bonchev–Trinajstić information content (AvgIpc) is 2.97. The fourth-order valence-corrected chi connectivity index (χ4v) is 2.18. The molecular weight excluding hydrogens is 274 g/mol. The van der Waals surface area contributed by atoms with Crippen LogP contribution in [-0.2, 0) is 20.9 Å². The predicted molar refractivity (Wildman–Crippen MR) is 75.0 cm³/mol. The molecule has 2 N–H and O–H groups in total. The molecule has 1 aliphatic heterocycles. The molecule has 1 saturated heterocycles. The predicted octanol–water partition coefficient (Wildman–Crippen LogP) is 1.33. The van der Waals surface area contributed by atoms with Crippen LogP contribution in [0.1, 0.15) is 25.3 Å². The second kappa shape index (κ2) is 7.08. The summed E-state index contributed by atoms with van der Waals surface area (Å²) >= 11 is 0. The summed E-state index contributed by atoms with van der Waals surface area (Å²) in [7, 11) is 0. The van der Waals surface area contributed by atoms with Gasteiger partial charge in [-0.2, -0.15) is 0 Å². The normalized spacial score (nSPS) is 21.0. The van der Waals surface area contributed by atoms with Crippen LogP contribution in [0.3, 0.4) is 0 Å². The number of ether oxygens (including phenoxy) is 2. The van der Waals surface area contributed by atoms with E-state index in [2.05, 4.69) is 5.32 Å². The molecule has 0 aromatic heterocycles. The standard InChI is InChI=1S/C15H19NO5/c1-2-20-11-5-3-10(4-6-11)9-16-14(17)12-7-8-13(21-12)15(18)19/h3-6,12-13H,2,7-9H2,1H3,(H,16,17)(H,18,19)/t12-,13+/m0/s1. The van der Waals surface area contributed by atoms with Crippen LogP contribution < -0.4 is 10.1 Å². The van der Waals surface area contributed by atoms with E-state index in [9.17, 15) is 9.59 Å². The lowest BCUT2D eigenvalue weighted by Crippen LogP contribution is -2.35. The molecule has 21 heavy (non-hydrogen) atoms. The molecule has 114 valence electrons. The lowest BCUT2D eigenvalue weighted by molar-refractivity contribution is -0.151. The number of rotatable bonds is 6. The van der Waals surface area contributed by atoms with E-state index in [1.54, 1.807) is 0 Å². The maximum absolute atomic E-state index is 11.9. The van der Waals surface area contributed by atoms with Gasteiger partial charge in [0.15, 0.2) is 6.10 Å². The minimum atomic E-state index is -1.02. The van der Waals surface area contributed by atoms with Crippen LogP contribution in [0.5, 0.6) is 5.75 Å². The van der Waals surface area contributed by atoms with Gasteiger partial charge in [-0.15, -0.1) is 0 Å². The quantitative estimate of drug-likeness (QED) is 0.826. The van der Waals surface area contributed by atoms with Gasteiger partial charge in [0.25, 0.3) is 0 Å². The summed E-state index contributed by atoms with van der Waals surface area (Å²) in [6.45, 7) is 2.91. The second-order valence-corrected chi connectivity index (χ2v) is 4.82. The number of nitrogens with one attached hydrogen (secondary N) is 1. The van der Waals surface area contributed by atoms with Crippen molar-refractivity contribution in [1.82, 2.24) is 5.32 Å². The van der Waals surface area contributed by atoms with Crippen molar-refractivity contribution in [3.63, 3.8) is 0 Å². The van der Waals surface area contributed by atoms with Crippen molar-refractivity contribution in [3.05, 3.63) is 29.8 Å². The average molecular weight is 293 g/mol. The van der Waals surface area contributed by atoms with E-state index in [1.807, 2.05) is 31.2 Å². The first-order chi connectivity index (χ1) is 10.1. The van der Waals surface area contributed by atoms with Gasteiger partial charge in [-0.05, 0) is 37.5 Å². The van der Waals surface area contributed by atoms with Gasteiger partial charge in [-0.1, -0.05) is 12.1 Å². The molecule has 0 bridgehead atoms. The monoisotopic (exact) mass is 293 g/mol. The van der Waals surface area contributed by atoms with Crippen LogP contribution in [0, 0.1) is 0 Å². The summed E-state index contributed by atoms with van der Waals surface area (Å²) in [4.78, 5) is 22.7. The summed E-state index contributed by atoms with van der Waals surface area (Å²) < 4.78 is 10.5. The number of carbonyl (C=O) groups excluding carboxylic acids is 1. The lowest BCUT2D eigenvalue weighted by atomic mass is 10.1. The summed E-state index contributed by atoms with van der Waals surface area (Å²) in [5, 5.41) is 11.6. The van der Waals surface area contributed by atoms with E-state index < -0.39 is 18.2 Å². The first kappa shape index (κ1) is 15.3. The van der Waals surface area contributed by atoms with Gasteiger partial charge in [0.1, 0.15) is 11.9 Å². The number of benzene rings is 1. The second-order valence-electron chi connectivity index (χ2n) is 4.82. The zero-order valence-corrected chi connectivity index (χ0v) is 11.9. The Morgan fingerprint density at radius 3 is 2.52 bits per heavy atom. The molecular formula is C15H19NO5. The van der Waals surface area contributed by atoms with Crippen molar-refractivity contribution in [2.45, 2.75) is 38.5 Å². The minimum Gasteiger partial charge on any atom is -0.494 e. The number of carboxylic acids is 1. The Hall–Kier alpha value is -2.08. The van der Waals surface area contributed by atoms with Gasteiger partial charge in [-0.3, -0.25) is 4.79 Å². The van der Waals surface area contributed by atoms with Gasteiger partial charge in [-0.25, -0.2) is 4.79 Å². The highest BCUT2D eigenvalue weighted by molar-refractivity contribution is 5.82. The molecule has 1 aromatic carbocycles. The van der Waals surface area contributed by atoms with Crippen LogP contribution in [0.25, 0.3) is 0 Å². The molecule has 1 aromatic rings. The molecule has 0 aliphatic carbocycles. The van der Waals surface area contributed by atoms with E-state index in [0.717, 1.165) is 11.3 Å². The van der Waals surface area contributed by atoms with Gasteiger partial charge in [0.05, 0.1) is 6.61 Å². The molecule has 1 fully saturated rings. The van der Waals surface area contributed by atoms with Crippen LogP contribution >= 0.6 is 0 Å². The van der Waals surface area contributed by atoms with Crippen molar-refractivity contribution in [3.8, 4) is 5.75 Å². The highest BCUT2D eigenvalue weighted by atomic mass is 16.5. The topological polar surface area (TPSA) is 84.9 Å². The van der Waals surface area contributed by atoms with Crippen molar-refractivity contribution in [1.29, 1.82) is 0 Å². The van der Waals surface area contributed by atoms with Crippen molar-refractivity contribution < 1.29 is 24.2 Å². The Labute approximate surface area is 123 Å². The summed E-state index contributed by atoms with van der Waals surface area (Å²) in [5.74, 6) is -0.500. The molecule has 2 atom stereocenters. The number of carbonyl (C=O) groups is 2. The number of aliphatic carboxylic acids is 1. The van der Waals surface area contributed by atoms with Gasteiger partial charge >= 0.3 is 5.97 Å². The number of amides is 1. The molecule has 0 radical (unpaired) electrons. The largest absolute Gasteiger partial charge is 0.494 e. The van der Waals surface area contributed by atoms with Crippen molar-refractivity contribution in [2.24, 2.45) is 0 Å². The molecule has 0 unspecified atom stereocenters. The summed E-state index contributed by atoms with van der Waals surface area (Å²) in [5.41, 5.74) is 0.944. The van der Waals surface area contributed by atoms with E-state index >= 15 is 0 Å². The molecule has 0 saturated carbocycles. The smallest absolute Gasteiger partial charge is 0.332 e. The van der Waals surface area contributed by atoms with Crippen LogP contribution in [-0.4, -0.2) is 35.8 Å². The number of hydrogen-bond acceptors (Lipinski definition) is 4. The molecule has 1 amide bonds. The Kier molecular flexibility index (Phi) is 5.16. The van der Waals surface area contributed by atoms with Crippen molar-refractivity contribution >= 4 is 11.9 Å². The Balaban J connectivity index is 1.80. The highest BCUT2D eigenvalue weighted by Gasteiger charge is 2.34. The Morgan fingerprint density at radius 1 is 1.29 bits per heavy atom. The van der Waals surface area contributed by atoms with E-state index in [1.165, 1.54) is 0 Å². The summed E-state index contributed by atoms with van der Waals surface area (Å²) in [6.07, 6.45) is -0.734. The van der Waals surface area contributed by atoms with Crippen LogP contribution in [0.2, 0.25) is 0 Å². The highest BCUT2D eigenvalue weighted by Crippen LogP contribution is 2.20. The zero-order chi connectivity index (χ0) is 15.2. The zero-order valence-electron chi connectivity index (χ0n) is 11.9. The van der Waals surface area contributed by atoms with Gasteiger partial charge in [0.2, 0.25) is 5.91 Å². The molecule has 6 heteroatoms. The number of carboxylic acid groups (broad SMARTS) is 1. The first-order valence-electron chi connectivity index (χ1n) is 6.98. The van der Waals surface area contributed by atoms with E-state index in [0.29, 0.717) is 26.0 Å². The van der Waals surface area contributed by atoms with Crippen LogP contribution in [0.15, 0.2) is 24.3 Å². The molecule has 2 rings (SSSR count). The molecule has 1 aliphatic rings. The Morgan fingerprint density at radius 2 is 1.95 bits per heavy atom. The third-order valence-electron chi connectivity index (χ3n) is 3.29. The van der Waals surface area contributed by atoms with Gasteiger partial charge in [0, 0.05) is 6.54 Å². The SMILES string of the molecule is CCOc1ccc(CNC(=O)[C@@H]2CC[C@H](C(=O)O)O2)cc1. The summed E-state index contributed by atoms with van der Waals surface area (Å²) in [6, 6.07) is 7.44. The Bertz CT molecular complexity index is 499. The van der Waals surface area contributed by atoms with Crippen LogP contribution in [0.4, 0.5) is 0 Å². The van der Waals surface area contributed by atoms with Crippen molar-refractivity contribution in [2.75, 3.05) is 6.61 Å². The molecule has 6 nitrogen and oxygen atoms in total. The third kappa shape index (κ3) is 4.19. The fourth-order valence-electron chi connectivity index (χ4n) is 2.18. The maximum atomic E-state index is 11.9. The first-order valence-corrected chi connectivity index (χ1v) is 6.98.